The Bertz CT molecular complexity index is 564. The zero-order chi connectivity index (χ0) is 16.6. The third-order valence-electron chi connectivity index (χ3n) is 4.21. The standard InChI is InChI=1S/C16H22N2O5/c1-16(2,3)23-15(20)18-12-4-10(5-13(18)9-21-8-12)14(19)11-6-17-22-7-11/h6-7,10,12-13H,4-5,8-9H2,1-3H3. The Kier molecular flexibility index (Phi) is 4.14. The minimum absolute atomic E-state index is 0.0204. The lowest BCUT2D eigenvalue weighted by Gasteiger charge is -2.47. The quantitative estimate of drug-likeness (QED) is 0.777. The molecule has 7 heteroatoms. The van der Waals surface area contributed by atoms with Crippen LogP contribution in [0.25, 0.3) is 0 Å². The monoisotopic (exact) mass is 322 g/mol. The van der Waals surface area contributed by atoms with Gasteiger partial charge in [-0.1, -0.05) is 5.16 Å². The Labute approximate surface area is 134 Å². The first kappa shape index (κ1) is 16.0. The highest BCUT2D eigenvalue weighted by Crippen LogP contribution is 2.34. The van der Waals surface area contributed by atoms with Gasteiger partial charge in [-0.25, -0.2) is 4.79 Å². The van der Waals surface area contributed by atoms with Crippen LogP contribution in [0, 0.1) is 5.92 Å². The molecule has 1 amide bonds. The third-order valence-corrected chi connectivity index (χ3v) is 4.21. The molecule has 1 aromatic rings. The number of Topliss-reactive ketones (excluding diaryl/α,β-unsaturated/α-hetero) is 1. The van der Waals surface area contributed by atoms with Gasteiger partial charge in [0.25, 0.3) is 0 Å². The predicted molar refractivity (Wildman–Crippen MR) is 80.0 cm³/mol. The SMILES string of the molecule is CC(C)(C)OC(=O)N1C2COCC1CC(C(=O)c1cnoc1)C2. The van der Waals surface area contributed by atoms with Gasteiger partial charge in [0.05, 0.1) is 37.1 Å². The molecule has 2 aliphatic rings. The van der Waals surface area contributed by atoms with Gasteiger partial charge in [0.15, 0.2) is 5.78 Å². The number of rotatable bonds is 2. The molecular formula is C16H22N2O5. The zero-order valence-corrected chi connectivity index (χ0v) is 13.7. The molecule has 23 heavy (non-hydrogen) atoms. The van der Waals surface area contributed by atoms with Crippen LogP contribution in [0.1, 0.15) is 44.0 Å². The van der Waals surface area contributed by atoms with Crippen LogP contribution in [-0.4, -0.2) is 52.8 Å². The van der Waals surface area contributed by atoms with Gasteiger partial charge in [-0.15, -0.1) is 0 Å². The lowest BCUT2D eigenvalue weighted by molar-refractivity contribution is -0.0861. The van der Waals surface area contributed by atoms with E-state index in [4.69, 9.17) is 14.0 Å². The van der Waals surface area contributed by atoms with Crippen molar-refractivity contribution in [1.29, 1.82) is 0 Å². The smallest absolute Gasteiger partial charge is 0.410 e. The highest BCUT2D eigenvalue weighted by Gasteiger charge is 2.45. The van der Waals surface area contributed by atoms with Gasteiger partial charge in [0, 0.05) is 5.92 Å². The molecule has 1 aromatic heterocycles. The van der Waals surface area contributed by atoms with Crippen molar-refractivity contribution in [3.63, 3.8) is 0 Å². The van der Waals surface area contributed by atoms with Crippen LogP contribution < -0.4 is 0 Å². The molecule has 126 valence electrons. The summed E-state index contributed by atoms with van der Waals surface area (Å²) in [7, 11) is 0. The van der Waals surface area contributed by atoms with Crippen molar-refractivity contribution in [1.82, 2.24) is 10.1 Å². The van der Waals surface area contributed by atoms with E-state index in [1.165, 1.54) is 12.5 Å². The van der Waals surface area contributed by atoms with Gasteiger partial charge in [0.1, 0.15) is 11.9 Å². The van der Waals surface area contributed by atoms with Crippen molar-refractivity contribution in [3.05, 3.63) is 18.0 Å². The van der Waals surface area contributed by atoms with Gasteiger partial charge in [-0.2, -0.15) is 0 Å². The number of nitrogens with zero attached hydrogens (tertiary/aromatic N) is 2. The molecule has 2 fully saturated rings. The van der Waals surface area contributed by atoms with E-state index < -0.39 is 5.60 Å². The molecule has 2 bridgehead atoms. The van der Waals surface area contributed by atoms with E-state index in [9.17, 15) is 9.59 Å². The van der Waals surface area contributed by atoms with Crippen LogP contribution >= 0.6 is 0 Å². The number of amides is 1. The van der Waals surface area contributed by atoms with Crippen molar-refractivity contribution in [2.24, 2.45) is 5.92 Å². The largest absolute Gasteiger partial charge is 0.444 e. The van der Waals surface area contributed by atoms with Gasteiger partial charge in [-0.05, 0) is 33.6 Å². The normalized spacial score (nSPS) is 27.6. The number of hydrogen-bond acceptors (Lipinski definition) is 6. The number of carbonyl (C=O) groups is 2. The van der Waals surface area contributed by atoms with Crippen LogP contribution in [0.15, 0.2) is 17.0 Å². The molecule has 2 saturated heterocycles. The molecule has 2 aliphatic heterocycles. The van der Waals surface area contributed by atoms with E-state index in [0.717, 1.165) is 0 Å². The number of fused-ring (bicyclic) bond motifs is 2. The number of ketones is 1. The Balaban J connectivity index is 1.73. The first-order valence-electron chi connectivity index (χ1n) is 7.88. The molecule has 3 heterocycles. The van der Waals surface area contributed by atoms with Crippen LogP contribution in [0.3, 0.4) is 0 Å². The second kappa shape index (κ2) is 5.96. The van der Waals surface area contributed by atoms with Crippen LogP contribution in [-0.2, 0) is 9.47 Å². The van der Waals surface area contributed by atoms with Crippen molar-refractivity contribution < 1.29 is 23.6 Å². The first-order chi connectivity index (χ1) is 10.8. The average Bonchev–Trinajstić information content (AvgIpc) is 2.97. The lowest BCUT2D eigenvalue weighted by Crippen LogP contribution is -2.60. The summed E-state index contributed by atoms with van der Waals surface area (Å²) in [6.45, 7) is 6.41. The van der Waals surface area contributed by atoms with Crippen molar-refractivity contribution in [3.8, 4) is 0 Å². The highest BCUT2D eigenvalue weighted by molar-refractivity contribution is 5.97. The van der Waals surface area contributed by atoms with Crippen molar-refractivity contribution >= 4 is 11.9 Å². The number of morpholine rings is 1. The van der Waals surface area contributed by atoms with Gasteiger partial charge >= 0.3 is 6.09 Å². The summed E-state index contributed by atoms with van der Waals surface area (Å²) < 4.78 is 15.8. The second-order valence-electron chi connectivity index (χ2n) is 7.18. The van der Waals surface area contributed by atoms with Gasteiger partial charge in [-0.3, -0.25) is 9.69 Å². The predicted octanol–water partition coefficient (Wildman–Crippen LogP) is 2.27. The number of hydrogen-bond donors (Lipinski definition) is 0. The summed E-state index contributed by atoms with van der Waals surface area (Å²) in [6, 6.07) is -0.266. The van der Waals surface area contributed by atoms with E-state index in [2.05, 4.69) is 5.16 Å². The summed E-state index contributed by atoms with van der Waals surface area (Å²) in [5.74, 6) is -0.126. The fourth-order valence-corrected chi connectivity index (χ4v) is 3.30. The van der Waals surface area contributed by atoms with E-state index in [1.807, 2.05) is 20.8 Å². The second-order valence-corrected chi connectivity index (χ2v) is 7.18. The highest BCUT2D eigenvalue weighted by atomic mass is 16.6. The van der Waals surface area contributed by atoms with E-state index in [0.29, 0.717) is 31.6 Å². The van der Waals surface area contributed by atoms with Crippen LogP contribution in [0.2, 0.25) is 0 Å². The van der Waals surface area contributed by atoms with Gasteiger partial charge in [0.2, 0.25) is 0 Å². The van der Waals surface area contributed by atoms with E-state index in [1.54, 1.807) is 4.90 Å². The maximum atomic E-state index is 12.5. The maximum Gasteiger partial charge on any atom is 0.410 e. The number of piperidine rings is 1. The number of ether oxygens (including phenoxy) is 2. The third kappa shape index (κ3) is 3.39. The molecule has 0 aliphatic carbocycles. The van der Waals surface area contributed by atoms with Crippen molar-refractivity contribution in [2.75, 3.05) is 13.2 Å². The molecule has 2 atom stereocenters. The lowest BCUT2D eigenvalue weighted by atomic mass is 9.81. The summed E-state index contributed by atoms with van der Waals surface area (Å²) in [6.07, 6.45) is 3.62. The summed E-state index contributed by atoms with van der Waals surface area (Å²) in [5.41, 5.74) is -0.0545. The Hall–Kier alpha value is -1.89. The molecule has 0 saturated carbocycles. The van der Waals surface area contributed by atoms with E-state index >= 15 is 0 Å². The van der Waals surface area contributed by atoms with Crippen LogP contribution in [0.4, 0.5) is 4.79 Å². The number of aromatic nitrogens is 1. The number of carbonyl (C=O) groups excluding carboxylic acids is 2. The molecule has 0 radical (unpaired) electrons. The topological polar surface area (TPSA) is 81.9 Å². The van der Waals surface area contributed by atoms with E-state index in [-0.39, 0.29) is 29.9 Å². The Morgan fingerprint density at radius 1 is 1.26 bits per heavy atom. The summed E-state index contributed by atoms with van der Waals surface area (Å²) >= 11 is 0. The fraction of sp³-hybridized carbons (Fsp3) is 0.688. The van der Waals surface area contributed by atoms with Crippen molar-refractivity contribution in [2.45, 2.75) is 51.3 Å². The zero-order valence-electron chi connectivity index (χ0n) is 13.7. The molecule has 0 N–H and O–H groups in total. The Morgan fingerprint density at radius 3 is 2.43 bits per heavy atom. The fourth-order valence-electron chi connectivity index (χ4n) is 3.30. The summed E-state index contributed by atoms with van der Waals surface area (Å²) in [4.78, 5) is 26.7. The molecule has 2 unspecified atom stereocenters. The summed E-state index contributed by atoms with van der Waals surface area (Å²) in [5, 5.41) is 3.59. The average molecular weight is 322 g/mol. The molecular weight excluding hydrogens is 300 g/mol. The molecule has 7 nitrogen and oxygen atoms in total. The minimum Gasteiger partial charge on any atom is -0.444 e. The molecule has 0 spiro atoms. The molecule has 3 rings (SSSR count). The van der Waals surface area contributed by atoms with Crippen LogP contribution in [0.5, 0.6) is 0 Å². The van der Waals surface area contributed by atoms with Gasteiger partial charge < -0.3 is 14.0 Å². The molecule has 0 aromatic carbocycles. The Morgan fingerprint density at radius 2 is 1.91 bits per heavy atom. The minimum atomic E-state index is -0.540. The maximum absolute atomic E-state index is 12.5. The first-order valence-corrected chi connectivity index (χ1v) is 7.88.